The quantitative estimate of drug-likeness (QED) is 0.725. The summed E-state index contributed by atoms with van der Waals surface area (Å²) in [5, 5.41) is 18.6. The molecule has 0 spiro atoms. The highest BCUT2D eigenvalue weighted by Gasteiger charge is 1.94. The molecule has 3 heteroatoms. The van der Waals surface area contributed by atoms with Crippen LogP contribution in [-0.2, 0) is 0 Å². The SMILES string of the molecule is Oc1ccc(C=Cc2cccc(C=Cc3ccc(O)cc3)n2)cc1. The Hall–Kier alpha value is -3.33. The molecule has 0 saturated carbocycles. The van der Waals surface area contributed by atoms with E-state index in [0.717, 1.165) is 22.5 Å². The van der Waals surface area contributed by atoms with Gasteiger partial charge < -0.3 is 10.2 Å². The highest BCUT2D eigenvalue weighted by Crippen LogP contribution is 2.14. The van der Waals surface area contributed by atoms with Crippen molar-refractivity contribution in [1.82, 2.24) is 4.98 Å². The lowest BCUT2D eigenvalue weighted by Gasteiger charge is -1.98. The zero-order valence-corrected chi connectivity index (χ0v) is 13.0. The predicted octanol–water partition coefficient (Wildman–Crippen LogP) is 4.83. The second-order valence-electron chi connectivity index (χ2n) is 5.34. The summed E-state index contributed by atoms with van der Waals surface area (Å²) in [6.45, 7) is 0. The highest BCUT2D eigenvalue weighted by atomic mass is 16.3. The summed E-state index contributed by atoms with van der Waals surface area (Å²) in [6, 6.07) is 19.9. The molecule has 1 aromatic heterocycles. The van der Waals surface area contributed by atoms with E-state index in [1.807, 2.05) is 66.8 Å². The Morgan fingerprint density at radius 1 is 0.542 bits per heavy atom. The van der Waals surface area contributed by atoms with Crippen molar-refractivity contribution in [2.45, 2.75) is 0 Å². The molecule has 118 valence electrons. The average Bonchev–Trinajstić information content (AvgIpc) is 2.61. The van der Waals surface area contributed by atoms with Gasteiger partial charge in [0.05, 0.1) is 11.4 Å². The summed E-state index contributed by atoms with van der Waals surface area (Å²) in [5.41, 5.74) is 3.71. The minimum atomic E-state index is 0.256. The first-order valence-corrected chi connectivity index (χ1v) is 7.60. The van der Waals surface area contributed by atoms with Crippen LogP contribution < -0.4 is 0 Å². The van der Waals surface area contributed by atoms with Crippen LogP contribution in [-0.4, -0.2) is 15.2 Å². The molecule has 2 aromatic carbocycles. The summed E-state index contributed by atoms with van der Waals surface area (Å²) < 4.78 is 0. The first-order valence-electron chi connectivity index (χ1n) is 7.60. The smallest absolute Gasteiger partial charge is 0.115 e. The molecule has 0 bridgehead atoms. The second kappa shape index (κ2) is 7.29. The Kier molecular flexibility index (Phi) is 4.73. The predicted molar refractivity (Wildman–Crippen MR) is 98.3 cm³/mol. The monoisotopic (exact) mass is 315 g/mol. The second-order valence-corrected chi connectivity index (χ2v) is 5.34. The van der Waals surface area contributed by atoms with Crippen molar-refractivity contribution in [2.75, 3.05) is 0 Å². The molecule has 0 amide bonds. The molecule has 0 aliphatic carbocycles. The third-order valence-electron chi connectivity index (χ3n) is 3.47. The summed E-state index contributed by atoms with van der Waals surface area (Å²) in [6.07, 6.45) is 7.78. The third-order valence-corrected chi connectivity index (χ3v) is 3.47. The molecule has 3 nitrogen and oxygen atoms in total. The van der Waals surface area contributed by atoms with Crippen LogP contribution in [0.3, 0.4) is 0 Å². The van der Waals surface area contributed by atoms with E-state index in [4.69, 9.17) is 0 Å². The molecule has 0 unspecified atom stereocenters. The molecule has 0 radical (unpaired) electrons. The molecular formula is C21H17NO2. The molecular weight excluding hydrogens is 298 g/mol. The number of aromatic nitrogens is 1. The van der Waals surface area contributed by atoms with E-state index >= 15 is 0 Å². The molecule has 0 fully saturated rings. The van der Waals surface area contributed by atoms with Crippen LogP contribution in [0.1, 0.15) is 22.5 Å². The van der Waals surface area contributed by atoms with Gasteiger partial charge in [0.25, 0.3) is 0 Å². The van der Waals surface area contributed by atoms with Crippen molar-refractivity contribution in [3.63, 3.8) is 0 Å². The van der Waals surface area contributed by atoms with Crippen LogP contribution in [0.2, 0.25) is 0 Å². The van der Waals surface area contributed by atoms with Gasteiger partial charge in [-0.1, -0.05) is 42.5 Å². The van der Waals surface area contributed by atoms with Crippen LogP contribution >= 0.6 is 0 Å². The van der Waals surface area contributed by atoms with Gasteiger partial charge in [-0.3, -0.25) is 0 Å². The molecule has 0 saturated heterocycles. The third kappa shape index (κ3) is 4.34. The maximum atomic E-state index is 9.29. The van der Waals surface area contributed by atoms with Crippen LogP contribution in [0.4, 0.5) is 0 Å². The standard InChI is InChI=1S/C21H17NO2/c23-20-12-6-16(7-13-20)4-10-18-2-1-3-19(22-18)11-5-17-8-14-21(24)15-9-17/h1-15,23-24H. The van der Waals surface area contributed by atoms with E-state index in [0.29, 0.717) is 0 Å². The summed E-state index contributed by atoms with van der Waals surface area (Å²) in [7, 11) is 0. The van der Waals surface area contributed by atoms with Crippen molar-refractivity contribution in [2.24, 2.45) is 0 Å². The number of phenolic OH excluding ortho intramolecular Hbond substituents is 2. The fraction of sp³-hybridized carbons (Fsp3) is 0. The number of pyridine rings is 1. The van der Waals surface area contributed by atoms with Gasteiger partial charge in [0.2, 0.25) is 0 Å². The lowest BCUT2D eigenvalue weighted by Crippen LogP contribution is -1.84. The fourth-order valence-corrected chi connectivity index (χ4v) is 2.19. The number of aromatic hydroxyl groups is 2. The van der Waals surface area contributed by atoms with Crippen molar-refractivity contribution >= 4 is 24.3 Å². The van der Waals surface area contributed by atoms with Crippen LogP contribution in [0.15, 0.2) is 66.7 Å². The lowest BCUT2D eigenvalue weighted by atomic mass is 10.1. The summed E-state index contributed by atoms with van der Waals surface area (Å²) in [5.74, 6) is 0.512. The number of benzene rings is 2. The van der Waals surface area contributed by atoms with Crippen molar-refractivity contribution in [3.8, 4) is 11.5 Å². The first-order chi connectivity index (χ1) is 11.7. The van der Waals surface area contributed by atoms with E-state index in [-0.39, 0.29) is 11.5 Å². The van der Waals surface area contributed by atoms with Gasteiger partial charge in [0.1, 0.15) is 11.5 Å². The van der Waals surface area contributed by atoms with Crippen LogP contribution in [0.5, 0.6) is 11.5 Å². The topological polar surface area (TPSA) is 53.4 Å². The number of phenols is 2. The Balaban J connectivity index is 1.74. The molecule has 3 aromatic rings. The Morgan fingerprint density at radius 2 is 0.958 bits per heavy atom. The van der Waals surface area contributed by atoms with E-state index in [1.54, 1.807) is 24.3 Å². The minimum absolute atomic E-state index is 0.256. The van der Waals surface area contributed by atoms with E-state index < -0.39 is 0 Å². The normalized spacial score (nSPS) is 11.3. The number of hydrogen-bond acceptors (Lipinski definition) is 3. The molecule has 24 heavy (non-hydrogen) atoms. The highest BCUT2D eigenvalue weighted by molar-refractivity contribution is 5.71. The number of rotatable bonds is 4. The van der Waals surface area contributed by atoms with E-state index in [2.05, 4.69) is 4.98 Å². The van der Waals surface area contributed by atoms with Gasteiger partial charge in [0, 0.05) is 0 Å². The van der Waals surface area contributed by atoms with Gasteiger partial charge in [-0.25, -0.2) is 4.98 Å². The zero-order chi connectivity index (χ0) is 16.8. The zero-order valence-electron chi connectivity index (χ0n) is 13.0. The van der Waals surface area contributed by atoms with Crippen molar-refractivity contribution in [1.29, 1.82) is 0 Å². The molecule has 3 rings (SSSR count). The van der Waals surface area contributed by atoms with Gasteiger partial charge >= 0.3 is 0 Å². The fourth-order valence-electron chi connectivity index (χ4n) is 2.19. The molecule has 1 heterocycles. The first kappa shape index (κ1) is 15.6. The van der Waals surface area contributed by atoms with Gasteiger partial charge in [-0.05, 0) is 59.7 Å². The number of nitrogens with zero attached hydrogens (tertiary/aromatic N) is 1. The van der Waals surface area contributed by atoms with Gasteiger partial charge in [-0.2, -0.15) is 0 Å². The molecule has 0 atom stereocenters. The van der Waals surface area contributed by atoms with Gasteiger partial charge in [0.15, 0.2) is 0 Å². The Labute approximate surface area is 140 Å². The van der Waals surface area contributed by atoms with E-state index in [1.165, 1.54) is 0 Å². The molecule has 2 N–H and O–H groups in total. The van der Waals surface area contributed by atoms with Gasteiger partial charge in [-0.15, -0.1) is 0 Å². The van der Waals surface area contributed by atoms with Crippen molar-refractivity contribution < 1.29 is 10.2 Å². The number of hydrogen-bond donors (Lipinski definition) is 2. The molecule has 0 aliphatic heterocycles. The maximum Gasteiger partial charge on any atom is 0.115 e. The van der Waals surface area contributed by atoms with E-state index in [9.17, 15) is 10.2 Å². The van der Waals surface area contributed by atoms with Crippen LogP contribution in [0, 0.1) is 0 Å². The van der Waals surface area contributed by atoms with Crippen molar-refractivity contribution in [3.05, 3.63) is 89.2 Å². The average molecular weight is 315 g/mol. The summed E-state index contributed by atoms with van der Waals surface area (Å²) in [4.78, 5) is 4.57. The maximum absolute atomic E-state index is 9.29. The minimum Gasteiger partial charge on any atom is -0.508 e. The largest absolute Gasteiger partial charge is 0.508 e. The lowest BCUT2D eigenvalue weighted by molar-refractivity contribution is 0.474. The Morgan fingerprint density at radius 3 is 1.38 bits per heavy atom. The molecule has 0 aliphatic rings. The van der Waals surface area contributed by atoms with Crippen LogP contribution in [0.25, 0.3) is 24.3 Å². The summed E-state index contributed by atoms with van der Waals surface area (Å²) >= 11 is 0. The Bertz CT molecular complexity index is 792.